The van der Waals surface area contributed by atoms with Crippen LogP contribution in [0.1, 0.15) is 23.6 Å². The van der Waals surface area contributed by atoms with E-state index in [0.29, 0.717) is 11.3 Å². The van der Waals surface area contributed by atoms with Crippen molar-refractivity contribution in [3.05, 3.63) is 34.9 Å². The van der Waals surface area contributed by atoms with Crippen molar-refractivity contribution in [3.8, 4) is 5.75 Å². The molecule has 0 fully saturated rings. The number of hydrogen-bond donors (Lipinski definition) is 1. The Hall–Kier alpha value is -2.10. The van der Waals surface area contributed by atoms with Crippen molar-refractivity contribution in [2.45, 2.75) is 20.8 Å². The first-order valence-corrected chi connectivity index (χ1v) is 5.11. The van der Waals surface area contributed by atoms with Crippen LogP contribution in [-0.4, -0.2) is 17.0 Å². The molecule has 1 aromatic carbocycles. The largest absolute Gasteiger partial charge is 0.478 e. The minimum atomic E-state index is -1.04. The minimum Gasteiger partial charge on any atom is -0.478 e. The van der Waals surface area contributed by atoms with E-state index < -0.39 is 11.9 Å². The number of hydrogen-bond acceptors (Lipinski definition) is 3. The van der Waals surface area contributed by atoms with Crippen molar-refractivity contribution < 1.29 is 19.4 Å². The summed E-state index contributed by atoms with van der Waals surface area (Å²) in [7, 11) is 0. The Morgan fingerprint density at radius 2 is 1.82 bits per heavy atom. The molecule has 0 amide bonds. The van der Waals surface area contributed by atoms with E-state index >= 15 is 0 Å². The minimum absolute atomic E-state index is 0.412. The lowest BCUT2D eigenvalue weighted by molar-refractivity contribution is -0.132. The van der Waals surface area contributed by atoms with Crippen LogP contribution in [0.5, 0.6) is 5.75 Å². The third-order valence-electron chi connectivity index (χ3n) is 2.25. The summed E-state index contributed by atoms with van der Waals surface area (Å²) in [5.74, 6) is -1.06. The summed E-state index contributed by atoms with van der Waals surface area (Å²) in [5, 5.41) is 8.61. The van der Waals surface area contributed by atoms with Crippen LogP contribution >= 0.6 is 0 Å². The van der Waals surface area contributed by atoms with Gasteiger partial charge in [-0.3, -0.25) is 4.79 Å². The molecule has 1 aromatic rings. The number of esters is 1. The Labute approximate surface area is 99.5 Å². The van der Waals surface area contributed by atoms with Gasteiger partial charge in [0.2, 0.25) is 0 Å². The Balaban J connectivity index is 3.28. The molecule has 0 atom stereocenters. The van der Waals surface area contributed by atoms with Gasteiger partial charge in [0.05, 0.1) is 0 Å². The van der Waals surface area contributed by atoms with Crippen LogP contribution in [0.25, 0.3) is 6.08 Å². The number of carbonyl (C=O) groups is 2. The molecule has 0 aliphatic heterocycles. The number of aliphatic carboxylic acids is 1. The maximum absolute atomic E-state index is 11.0. The Morgan fingerprint density at radius 3 is 2.35 bits per heavy atom. The number of aryl methyl sites for hydroxylation is 2. The van der Waals surface area contributed by atoms with Crippen LogP contribution in [0.4, 0.5) is 0 Å². The van der Waals surface area contributed by atoms with E-state index in [0.717, 1.165) is 17.2 Å². The molecular weight excluding hydrogens is 220 g/mol. The number of carboxylic acids is 1. The van der Waals surface area contributed by atoms with Crippen molar-refractivity contribution in [1.82, 2.24) is 0 Å². The number of ether oxygens (including phenoxy) is 1. The molecule has 0 saturated carbocycles. The lowest BCUT2D eigenvalue weighted by Gasteiger charge is -2.11. The summed E-state index contributed by atoms with van der Waals surface area (Å²) in [4.78, 5) is 21.5. The maximum atomic E-state index is 11.0. The van der Waals surface area contributed by atoms with Gasteiger partial charge < -0.3 is 9.84 Å². The van der Waals surface area contributed by atoms with Crippen molar-refractivity contribution in [3.63, 3.8) is 0 Å². The smallest absolute Gasteiger partial charge is 0.328 e. The van der Waals surface area contributed by atoms with E-state index in [9.17, 15) is 9.59 Å². The topological polar surface area (TPSA) is 63.6 Å². The molecule has 0 aliphatic rings. The molecule has 17 heavy (non-hydrogen) atoms. The van der Waals surface area contributed by atoms with E-state index in [-0.39, 0.29) is 0 Å². The van der Waals surface area contributed by atoms with Gasteiger partial charge in [-0.05, 0) is 31.1 Å². The quantitative estimate of drug-likeness (QED) is 0.495. The summed E-state index contributed by atoms with van der Waals surface area (Å²) < 4.78 is 5.11. The molecule has 1 rings (SSSR count). The number of rotatable bonds is 3. The molecule has 0 bridgehead atoms. The molecule has 0 spiro atoms. The monoisotopic (exact) mass is 234 g/mol. The highest BCUT2D eigenvalue weighted by Crippen LogP contribution is 2.28. The van der Waals surface area contributed by atoms with Gasteiger partial charge in [0, 0.05) is 18.6 Å². The Kier molecular flexibility index (Phi) is 4.04. The Morgan fingerprint density at radius 1 is 1.24 bits per heavy atom. The third-order valence-corrected chi connectivity index (χ3v) is 2.25. The fourth-order valence-corrected chi connectivity index (χ4v) is 1.45. The number of carboxylic acid groups (broad SMARTS) is 1. The second-order valence-corrected chi connectivity index (χ2v) is 3.71. The lowest BCUT2D eigenvalue weighted by atomic mass is 10.0. The fourth-order valence-electron chi connectivity index (χ4n) is 1.45. The lowest BCUT2D eigenvalue weighted by Crippen LogP contribution is -2.05. The molecule has 0 saturated heterocycles. The van der Waals surface area contributed by atoms with Gasteiger partial charge in [0.1, 0.15) is 5.75 Å². The van der Waals surface area contributed by atoms with Gasteiger partial charge in [-0.1, -0.05) is 12.1 Å². The average Bonchev–Trinajstić information content (AvgIpc) is 2.22. The summed E-state index contributed by atoms with van der Waals surface area (Å²) >= 11 is 0. The van der Waals surface area contributed by atoms with Crippen molar-refractivity contribution in [2.24, 2.45) is 0 Å². The van der Waals surface area contributed by atoms with Gasteiger partial charge in [-0.25, -0.2) is 4.79 Å². The van der Waals surface area contributed by atoms with Gasteiger partial charge >= 0.3 is 11.9 Å². The molecule has 90 valence electrons. The van der Waals surface area contributed by atoms with Crippen LogP contribution in [0.15, 0.2) is 18.2 Å². The normalized spacial score (nSPS) is 10.5. The van der Waals surface area contributed by atoms with Gasteiger partial charge in [-0.2, -0.15) is 0 Å². The predicted molar refractivity (Wildman–Crippen MR) is 63.9 cm³/mol. The van der Waals surface area contributed by atoms with Gasteiger partial charge in [0.25, 0.3) is 0 Å². The van der Waals surface area contributed by atoms with E-state index in [1.165, 1.54) is 13.0 Å². The number of carbonyl (C=O) groups excluding carboxylic acids is 1. The third kappa shape index (κ3) is 3.45. The average molecular weight is 234 g/mol. The fraction of sp³-hybridized carbons (Fsp3) is 0.231. The Bertz CT molecular complexity index is 486. The predicted octanol–water partition coefficient (Wildman–Crippen LogP) is 2.33. The molecule has 4 heteroatoms. The van der Waals surface area contributed by atoms with Crippen molar-refractivity contribution in [1.29, 1.82) is 0 Å². The second-order valence-electron chi connectivity index (χ2n) is 3.71. The maximum Gasteiger partial charge on any atom is 0.328 e. The molecule has 0 radical (unpaired) electrons. The van der Waals surface area contributed by atoms with Gasteiger partial charge in [0.15, 0.2) is 0 Å². The molecule has 0 heterocycles. The van der Waals surface area contributed by atoms with Crippen LogP contribution in [0.3, 0.4) is 0 Å². The van der Waals surface area contributed by atoms with E-state index in [1.54, 1.807) is 6.92 Å². The van der Waals surface area contributed by atoms with Crippen molar-refractivity contribution >= 4 is 18.0 Å². The first kappa shape index (κ1) is 13.0. The molecule has 0 aliphatic carbocycles. The zero-order valence-corrected chi connectivity index (χ0v) is 9.98. The van der Waals surface area contributed by atoms with E-state index in [2.05, 4.69) is 0 Å². The SMILES string of the molecule is CC(=O)Oc1c(C)ccc(C)c1/C=C\C(=O)O. The first-order chi connectivity index (χ1) is 7.91. The first-order valence-electron chi connectivity index (χ1n) is 5.11. The second kappa shape index (κ2) is 5.30. The number of benzene rings is 1. The highest BCUT2D eigenvalue weighted by atomic mass is 16.5. The van der Waals surface area contributed by atoms with Crippen LogP contribution in [0, 0.1) is 13.8 Å². The van der Waals surface area contributed by atoms with Crippen molar-refractivity contribution in [2.75, 3.05) is 0 Å². The summed E-state index contributed by atoms with van der Waals surface area (Å²) in [6, 6.07) is 3.68. The highest BCUT2D eigenvalue weighted by Gasteiger charge is 2.10. The summed E-state index contributed by atoms with van der Waals surface area (Å²) in [6.45, 7) is 4.94. The van der Waals surface area contributed by atoms with Crippen LogP contribution < -0.4 is 4.74 Å². The molecule has 0 aromatic heterocycles. The van der Waals surface area contributed by atoms with Gasteiger partial charge in [-0.15, -0.1) is 0 Å². The van der Waals surface area contributed by atoms with E-state index in [4.69, 9.17) is 9.84 Å². The zero-order valence-electron chi connectivity index (χ0n) is 9.98. The molecule has 4 nitrogen and oxygen atoms in total. The molecule has 0 unspecified atom stereocenters. The van der Waals surface area contributed by atoms with Crippen LogP contribution in [0.2, 0.25) is 0 Å². The summed E-state index contributed by atoms with van der Waals surface area (Å²) in [6.07, 6.45) is 2.46. The highest BCUT2D eigenvalue weighted by molar-refractivity contribution is 5.87. The van der Waals surface area contributed by atoms with Crippen LogP contribution in [-0.2, 0) is 9.59 Å². The zero-order chi connectivity index (χ0) is 13.0. The molecular formula is C13H14O4. The van der Waals surface area contributed by atoms with E-state index in [1.807, 2.05) is 19.1 Å². The molecule has 1 N–H and O–H groups in total. The summed E-state index contributed by atoms with van der Waals surface area (Å²) in [5.41, 5.74) is 2.25. The standard InChI is InChI=1S/C13H14O4/c1-8-4-5-9(2)13(17-10(3)14)11(8)6-7-12(15)16/h4-7H,1-3H3,(H,15,16)/b7-6-.